The zero-order valence-electron chi connectivity index (χ0n) is 40.5. The van der Waals surface area contributed by atoms with E-state index in [2.05, 4.69) is 16.0 Å². The van der Waals surface area contributed by atoms with Crippen LogP contribution in [0.15, 0.2) is 60.7 Å². The molecule has 0 saturated carbocycles. The topological polar surface area (TPSA) is 235 Å². The van der Waals surface area contributed by atoms with Crippen molar-refractivity contribution in [2.45, 2.75) is 129 Å². The fraction of sp³-hybridized carbons (Fsp3) is 0.581. The van der Waals surface area contributed by atoms with Crippen LogP contribution < -0.4 is 33.2 Å². The van der Waals surface area contributed by atoms with Gasteiger partial charge in [-0.05, 0) is 111 Å². The molecular weight excluding hydrogens is 729 g/mol. The molecule has 9 N–H and O–H groups in total. The van der Waals surface area contributed by atoms with Gasteiger partial charge >= 0.3 is 12.2 Å². The van der Waals surface area contributed by atoms with Crippen molar-refractivity contribution in [3.05, 3.63) is 71.8 Å². The number of rotatable bonds is 23. The Bertz CT molecular complexity index is 1810. The monoisotopic (exact) mass is 803 g/mol. The predicted octanol–water partition coefficient (Wildman–Crippen LogP) is 4.88. The molecule has 14 nitrogen and oxygen atoms in total. The average molecular weight is 803 g/mol. The first-order valence-electron chi connectivity index (χ1n) is 22.0. The number of ether oxygens (including phenoxy) is 2. The summed E-state index contributed by atoms with van der Waals surface area (Å²) in [5, 5.41) is 6.97. The van der Waals surface area contributed by atoms with Crippen LogP contribution in [0.3, 0.4) is 0 Å². The van der Waals surface area contributed by atoms with Crippen LogP contribution in [0.4, 0.5) is 9.59 Å². The number of carbonyl (C=O) groups excluding carboxylic acids is 6. The highest BCUT2D eigenvalue weighted by molar-refractivity contribution is 5.90. The van der Waals surface area contributed by atoms with Gasteiger partial charge in [0.25, 0.3) is 0 Å². The van der Waals surface area contributed by atoms with E-state index in [1.807, 2.05) is 60.7 Å². The number of amides is 4. The van der Waals surface area contributed by atoms with Crippen LogP contribution in [-0.4, -0.2) is 78.8 Å². The lowest BCUT2D eigenvalue weighted by Gasteiger charge is -2.20. The third-order valence-corrected chi connectivity index (χ3v) is 7.97. The Morgan fingerprint density at radius 1 is 0.649 bits per heavy atom. The molecule has 0 fully saturated rings. The van der Waals surface area contributed by atoms with E-state index >= 15 is 0 Å². The Hall–Kier alpha value is -4.82. The van der Waals surface area contributed by atoms with Crippen LogP contribution in [0.25, 0.3) is 0 Å². The molecule has 0 aliphatic rings. The first-order valence-corrected chi connectivity index (χ1v) is 19.0. The van der Waals surface area contributed by atoms with E-state index in [-0.39, 0.29) is 57.8 Å². The Balaban J connectivity index is 0.000000630. The largest absolute Gasteiger partial charge is 0.444 e. The number of benzene rings is 2. The average Bonchev–Trinajstić information content (AvgIpc) is 3.12. The van der Waals surface area contributed by atoms with Gasteiger partial charge in [-0.25, -0.2) is 9.59 Å². The molecule has 4 amide bonds. The quantitative estimate of drug-likeness (QED) is 0.0891. The molecule has 0 aromatic heterocycles. The zero-order chi connectivity index (χ0) is 48.5. The molecule has 4 atom stereocenters. The van der Waals surface area contributed by atoms with Crippen molar-refractivity contribution in [1.82, 2.24) is 16.0 Å². The van der Waals surface area contributed by atoms with Gasteiger partial charge in [0.1, 0.15) is 17.0 Å². The van der Waals surface area contributed by atoms with Crippen molar-refractivity contribution in [2.24, 2.45) is 29.0 Å². The van der Waals surface area contributed by atoms with Crippen molar-refractivity contribution in [3.8, 4) is 0 Å². The molecule has 14 heteroatoms. The Morgan fingerprint density at radius 3 is 1.40 bits per heavy atom. The van der Waals surface area contributed by atoms with E-state index in [1.54, 1.807) is 41.5 Å². The number of nitrogens with two attached hydrogens (primary N) is 3. The minimum Gasteiger partial charge on any atom is -0.444 e. The second-order valence-electron chi connectivity index (χ2n) is 15.4. The molecule has 2 aromatic carbocycles. The van der Waals surface area contributed by atoms with Gasteiger partial charge in [-0.2, -0.15) is 0 Å². The number of hydrogen-bond donors (Lipinski definition) is 6. The highest BCUT2D eigenvalue weighted by Crippen LogP contribution is 2.17. The molecule has 0 saturated heterocycles. The van der Waals surface area contributed by atoms with Crippen LogP contribution >= 0.6 is 0 Å². The minimum atomic E-state index is -2.09. The summed E-state index contributed by atoms with van der Waals surface area (Å²) in [5.41, 5.74) is 16.9. The lowest BCUT2D eigenvalue weighted by molar-refractivity contribution is -0.128. The van der Waals surface area contributed by atoms with Crippen LogP contribution in [-0.2, 0) is 41.5 Å². The van der Waals surface area contributed by atoms with Gasteiger partial charge < -0.3 is 42.6 Å². The van der Waals surface area contributed by atoms with Crippen molar-refractivity contribution >= 4 is 35.6 Å². The third kappa shape index (κ3) is 24.4. The van der Waals surface area contributed by atoms with Crippen LogP contribution in [0.5, 0.6) is 0 Å². The van der Waals surface area contributed by atoms with E-state index in [9.17, 15) is 28.8 Å². The molecule has 0 aliphatic carbocycles. The van der Waals surface area contributed by atoms with Crippen molar-refractivity contribution in [1.29, 1.82) is 0 Å². The standard InChI is InChI=1S/C22H35N3O4.C21H33N3O4/c1-22(2,3)29-21(28)25-13-9-8-12-18(24-4)19(26)15-17(20(23)27)14-16-10-6-5-7-11-16;1-21(2,3)28-20(27)24-12-8-7-11-17(22)18(25)14-16(19(23)26)13-15-9-5-4-6-10-15/h5-7,10-11,17-18,24H,8-9,12-15H2,1-4H3,(H2,23,27)(H,25,28);4-6,9-10,16-17H,7-8,11-14,22H2,1-3H3,(H2,23,26)(H,24,27)/t17-,18+;16-,17+/m11/s1/i13D2,18D;12D2,17D. The fourth-order valence-corrected chi connectivity index (χ4v) is 5.19. The van der Waals surface area contributed by atoms with Gasteiger partial charge in [0, 0.05) is 43.2 Å². The number of Topliss-reactive ketones (excluding diaryl/α,β-unsaturated/α-hetero) is 2. The summed E-state index contributed by atoms with van der Waals surface area (Å²) in [6.45, 7) is 5.84. The molecule has 2 rings (SSSR count). The molecule has 57 heavy (non-hydrogen) atoms. The first kappa shape index (κ1) is 40.4. The van der Waals surface area contributed by atoms with Crippen LogP contribution in [0.1, 0.15) is 112 Å². The maximum atomic E-state index is 12.8. The second kappa shape index (κ2) is 26.2. The number of ketones is 2. The number of primary amides is 2. The van der Waals surface area contributed by atoms with E-state index in [1.165, 1.54) is 7.05 Å². The minimum absolute atomic E-state index is 0.00530. The molecule has 0 unspecified atom stereocenters. The summed E-state index contributed by atoms with van der Waals surface area (Å²) in [5.74, 6) is -3.94. The van der Waals surface area contributed by atoms with E-state index in [4.69, 9.17) is 34.9 Å². The van der Waals surface area contributed by atoms with Crippen LogP contribution in [0.2, 0.25) is 0 Å². The van der Waals surface area contributed by atoms with E-state index < -0.39 is 83.6 Å². The van der Waals surface area contributed by atoms with Crippen molar-refractivity contribution < 1.29 is 46.5 Å². The predicted molar refractivity (Wildman–Crippen MR) is 222 cm³/mol. The number of likely N-dealkylation sites (N-methyl/N-ethyl adjacent to an activating group) is 1. The molecule has 0 heterocycles. The smallest absolute Gasteiger partial charge is 0.407 e. The fourth-order valence-electron chi connectivity index (χ4n) is 5.19. The Morgan fingerprint density at radius 2 is 1.04 bits per heavy atom. The maximum Gasteiger partial charge on any atom is 0.407 e. The highest BCUT2D eigenvalue weighted by atomic mass is 16.6. The highest BCUT2D eigenvalue weighted by Gasteiger charge is 2.26. The Labute approximate surface area is 347 Å². The van der Waals surface area contributed by atoms with Gasteiger partial charge in [0.15, 0.2) is 5.78 Å². The first-order chi connectivity index (χ1) is 28.8. The Kier molecular flexibility index (Phi) is 18.5. The van der Waals surface area contributed by atoms with Crippen LogP contribution in [0, 0.1) is 11.8 Å². The van der Waals surface area contributed by atoms with E-state index in [0.717, 1.165) is 11.1 Å². The number of nitrogens with one attached hydrogen (secondary N) is 3. The lowest BCUT2D eigenvalue weighted by Crippen LogP contribution is -2.38. The maximum absolute atomic E-state index is 12.8. The van der Waals surface area contributed by atoms with Gasteiger partial charge in [-0.3, -0.25) is 19.2 Å². The molecule has 0 bridgehead atoms. The summed E-state index contributed by atoms with van der Waals surface area (Å²) in [4.78, 5) is 72.6. The normalized spacial score (nSPS) is 16.6. The summed E-state index contributed by atoms with van der Waals surface area (Å²) in [6, 6.07) is 14.6. The zero-order valence-corrected chi connectivity index (χ0v) is 34.5. The number of hydrogen-bond acceptors (Lipinski definition) is 10. The third-order valence-electron chi connectivity index (χ3n) is 7.97. The summed E-state index contributed by atoms with van der Waals surface area (Å²) in [7, 11) is 1.47. The summed E-state index contributed by atoms with van der Waals surface area (Å²) < 4.78 is 58.4. The van der Waals surface area contributed by atoms with E-state index in [0.29, 0.717) is 6.42 Å². The van der Waals surface area contributed by atoms with Gasteiger partial charge in [-0.15, -0.1) is 0 Å². The summed E-state index contributed by atoms with van der Waals surface area (Å²) in [6.07, 6.45) is -1.92. The molecule has 2 aromatic rings. The second-order valence-corrected chi connectivity index (χ2v) is 15.4. The van der Waals surface area contributed by atoms with Gasteiger partial charge in [0.2, 0.25) is 11.8 Å². The van der Waals surface area contributed by atoms with Crippen molar-refractivity contribution in [2.75, 3.05) is 20.0 Å². The van der Waals surface area contributed by atoms with Gasteiger partial charge in [-0.1, -0.05) is 60.7 Å². The lowest BCUT2D eigenvalue weighted by atomic mass is 9.90. The SMILES string of the molecule is [2H]C([2H])(CCC[C@]([2H])(N)C(=O)C[C@@H](Cc1ccccc1)C(N)=O)NC(=O)OC(C)(C)C.[2H]C([2H])(CCC[C@]([2H])(NC)C(=O)C[C@@H](Cc1ccccc1)C(N)=O)NC(=O)OC(C)(C)C. The number of carbonyl (C=O) groups is 6. The van der Waals surface area contributed by atoms with Gasteiger partial charge in [0.05, 0.1) is 14.8 Å². The molecule has 0 aliphatic heterocycles. The van der Waals surface area contributed by atoms with Crippen molar-refractivity contribution in [3.63, 3.8) is 0 Å². The molecular formula is C43H68N6O8. The molecule has 0 spiro atoms. The summed E-state index contributed by atoms with van der Waals surface area (Å²) >= 11 is 0. The molecule has 0 radical (unpaired) electrons. The molecule has 318 valence electrons. The number of alkyl carbamates (subject to hydrolysis) is 2.